The van der Waals surface area contributed by atoms with Gasteiger partial charge in [-0.25, -0.2) is 4.79 Å². The topological polar surface area (TPSA) is 105 Å². The fraction of sp³-hybridized carbons (Fsp3) is 0.455. The molecule has 0 amide bonds. The van der Waals surface area contributed by atoms with E-state index in [1.165, 1.54) is 6.20 Å². The molecule has 18 heavy (non-hydrogen) atoms. The second-order valence-corrected chi connectivity index (χ2v) is 4.21. The molecule has 1 aliphatic heterocycles. The second-order valence-electron chi connectivity index (χ2n) is 4.21. The first-order valence-corrected chi connectivity index (χ1v) is 5.41. The Morgan fingerprint density at radius 1 is 1.56 bits per heavy atom. The first-order chi connectivity index (χ1) is 8.45. The van der Waals surface area contributed by atoms with Crippen molar-refractivity contribution in [2.24, 2.45) is 0 Å². The van der Waals surface area contributed by atoms with E-state index in [1.54, 1.807) is 6.92 Å². The van der Waals surface area contributed by atoms with E-state index in [0.29, 0.717) is 5.56 Å². The van der Waals surface area contributed by atoms with Gasteiger partial charge in [-0.05, 0) is 6.92 Å². The van der Waals surface area contributed by atoms with E-state index >= 15 is 0 Å². The number of nitrogens with one attached hydrogen (secondary N) is 1. The Bertz CT molecular complexity index is 588. The van der Waals surface area contributed by atoms with Gasteiger partial charge in [-0.15, -0.1) is 0 Å². The summed E-state index contributed by atoms with van der Waals surface area (Å²) < 4.78 is 6.48. The van der Waals surface area contributed by atoms with Crippen molar-refractivity contribution in [3.05, 3.63) is 44.8 Å². The van der Waals surface area contributed by atoms with Gasteiger partial charge >= 0.3 is 5.69 Å². The van der Waals surface area contributed by atoms with Crippen LogP contribution in [0.25, 0.3) is 0 Å². The quantitative estimate of drug-likeness (QED) is 0.566. The molecule has 2 rings (SSSR count). The van der Waals surface area contributed by atoms with Crippen LogP contribution in [0.15, 0.2) is 27.9 Å². The van der Waals surface area contributed by atoms with Crippen molar-refractivity contribution >= 4 is 0 Å². The van der Waals surface area contributed by atoms with Crippen LogP contribution in [0, 0.1) is 6.92 Å². The normalized spacial score (nSPS) is 27.7. The number of aryl methyl sites for hydroxylation is 1. The molecule has 0 bridgehead atoms. The number of rotatable bonds is 2. The highest BCUT2D eigenvalue weighted by molar-refractivity contribution is 5.16. The molecule has 1 unspecified atom stereocenters. The highest BCUT2D eigenvalue weighted by Gasteiger charge is 2.38. The molecule has 0 spiro atoms. The monoisotopic (exact) mass is 254 g/mol. The maximum Gasteiger partial charge on any atom is 0.330 e. The number of aliphatic hydroxyl groups excluding tert-OH is 2. The summed E-state index contributed by atoms with van der Waals surface area (Å²) in [4.78, 5) is 25.1. The summed E-state index contributed by atoms with van der Waals surface area (Å²) in [5.74, 6) is 0. The molecule has 3 atom stereocenters. The van der Waals surface area contributed by atoms with Gasteiger partial charge in [-0.2, -0.15) is 0 Å². The van der Waals surface area contributed by atoms with E-state index in [1.807, 2.05) is 0 Å². The van der Waals surface area contributed by atoms with Crippen LogP contribution in [0.1, 0.15) is 11.8 Å². The molecule has 3 N–H and O–H groups in total. The highest BCUT2D eigenvalue weighted by atomic mass is 16.5. The molecular weight excluding hydrogens is 240 g/mol. The third kappa shape index (κ3) is 1.92. The number of hydrogen-bond acceptors (Lipinski definition) is 5. The standard InChI is InChI=1S/C11H14N2O5/c1-5-3-13(11(17)12-9(5)16)10-6(2)8(15)7(4-14)18-10/h3,7-8,10,14-15H,2,4H2,1H3,(H,12,16,17)/t7-,8?,10-/m0/s1. The lowest BCUT2D eigenvalue weighted by molar-refractivity contribution is -0.0448. The summed E-state index contributed by atoms with van der Waals surface area (Å²) in [7, 11) is 0. The Morgan fingerprint density at radius 3 is 2.78 bits per heavy atom. The van der Waals surface area contributed by atoms with Crippen LogP contribution < -0.4 is 11.2 Å². The van der Waals surface area contributed by atoms with Crippen LogP contribution in [0.4, 0.5) is 0 Å². The van der Waals surface area contributed by atoms with Crippen LogP contribution in [0.5, 0.6) is 0 Å². The lowest BCUT2D eigenvalue weighted by Crippen LogP contribution is -2.33. The summed E-state index contributed by atoms with van der Waals surface area (Å²) in [6.45, 7) is 4.81. The Balaban J connectivity index is 2.45. The summed E-state index contributed by atoms with van der Waals surface area (Å²) in [5.41, 5.74) is -0.516. The molecule has 0 saturated carbocycles. The predicted molar refractivity (Wildman–Crippen MR) is 62.2 cm³/mol. The maximum absolute atomic E-state index is 11.7. The molecule has 0 aromatic carbocycles. The van der Waals surface area contributed by atoms with E-state index in [4.69, 9.17) is 9.84 Å². The molecule has 1 aromatic heterocycles. The maximum atomic E-state index is 11.7. The first-order valence-electron chi connectivity index (χ1n) is 5.41. The molecule has 0 aliphatic carbocycles. The Morgan fingerprint density at radius 2 is 2.22 bits per heavy atom. The summed E-state index contributed by atoms with van der Waals surface area (Å²) >= 11 is 0. The van der Waals surface area contributed by atoms with Crippen molar-refractivity contribution in [1.82, 2.24) is 9.55 Å². The predicted octanol–water partition coefficient (Wildman–Crippen LogP) is -1.35. The van der Waals surface area contributed by atoms with Gasteiger partial charge in [0, 0.05) is 17.3 Å². The van der Waals surface area contributed by atoms with Gasteiger partial charge in [0.1, 0.15) is 12.2 Å². The molecule has 7 nitrogen and oxygen atoms in total. The third-order valence-electron chi connectivity index (χ3n) is 2.93. The summed E-state index contributed by atoms with van der Waals surface area (Å²) in [5, 5.41) is 18.7. The van der Waals surface area contributed by atoms with Crippen molar-refractivity contribution in [2.75, 3.05) is 6.61 Å². The van der Waals surface area contributed by atoms with Crippen LogP contribution in [0.2, 0.25) is 0 Å². The van der Waals surface area contributed by atoms with Crippen molar-refractivity contribution in [1.29, 1.82) is 0 Å². The van der Waals surface area contributed by atoms with E-state index < -0.39 is 29.7 Å². The average Bonchev–Trinajstić information content (AvgIpc) is 2.61. The number of nitrogens with zero attached hydrogens (tertiary/aromatic N) is 1. The third-order valence-corrected chi connectivity index (χ3v) is 2.93. The van der Waals surface area contributed by atoms with Crippen molar-refractivity contribution < 1.29 is 14.9 Å². The van der Waals surface area contributed by atoms with Crippen LogP contribution in [-0.4, -0.2) is 38.6 Å². The number of ether oxygens (including phenoxy) is 1. The smallest absolute Gasteiger partial charge is 0.330 e. The molecular formula is C11H14N2O5. The SMILES string of the molecule is C=C1C(O)[C@H](CO)O[C@@H]1n1cc(C)c(=O)[nH]c1=O. The Labute approximate surface area is 102 Å². The lowest BCUT2D eigenvalue weighted by atomic mass is 10.1. The number of hydrogen-bond donors (Lipinski definition) is 3. The van der Waals surface area contributed by atoms with Gasteiger partial charge in [0.2, 0.25) is 0 Å². The molecule has 1 saturated heterocycles. The number of aliphatic hydroxyl groups is 2. The Kier molecular flexibility index (Phi) is 3.20. The summed E-state index contributed by atoms with van der Waals surface area (Å²) in [6.07, 6.45) is -1.41. The summed E-state index contributed by atoms with van der Waals surface area (Å²) in [6, 6.07) is 0. The van der Waals surface area contributed by atoms with Crippen molar-refractivity contribution in [3.8, 4) is 0 Å². The zero-order valence-electron chi connectivity index (χ0n) is 9.79. The molecule has 1 aliphatic rings. The van der Waals surface area contributed by atoms with Gasteiger partial charge in [-0.3, -0.25) is 14.3 Å². The molecule has 7 heteroatoms. The van der Waals surface area contributed by atoms with E-state index in [0.717, 1.165) is 4.57 Å². The van der Waals surface area contributed by atoms with Crippen LogP contribution in [0.3, 0.4) is 0 Å². The molecule has 0 radical (unpaired) electrons. The van der Waals surface area contributed by atoms with Crippen molar-refractivity contribution in [2.45, 2.75) is 25.4 Å². The number of H-pyrrole nitrogens is 1. The molecule has 1 aromatic rings. The Hall–Kier alpha value is -1.70. The molecule has 2 heterocycles. The van der Waals surface area contributed by atoms with Gasteiger partial charge in [0.05, 0.1) is 6.61 Å². The second kappa shape index (κ2) is 4.52. The lowest BCUT2D eigenvalue weighted by Gasteiger charge is -2.15. The van der Waals surface area contributed by atoms with E-state index in [9.17, 15) is 14.7 Å². The van der Waals surface area contributed by atoms with Gasteiger partial charge in [-0.1, -0.05) is 6.58 Å². The molecule has 98 valence electrons. The minimum Gasteiger partial charge on any atom is -0.394 e. The van der Waals surface area contributed by atoms with Crippen LogP contribution >= 0.6 is 0 Å². The zero-order valence-corrected chi connectivity index (χ0v) is 9.79. The first kappa shape index (κ1) is 12.7. The largest absolute Gasteiger partial charge is 0.394 e. The molecule has 1 fully saturated rings. The van der Waals surface area contributed by atoms with Crippen molar-refractivity contribution in [3.63, 3.8) is 0 Å². The van der Waals surface area contributed by atoms with Gasteiger partial charge in [0.25, 0.3) is 5.56 Å². The van der Waals surface area contributed by atoms with Crippen LogP contribution in [-0.2, 0) is 4.74 Å². The van der Waals surface area contributed by atoms with Gasteiger partial charge < -0.3 is 14.9 Å². The number of aromatic amines is 1. The van der Waals surface area contributed by atoms with E-state index in [2.05, 4.69) is 11.6 Å². The fourth-order valence-corrected chi connectivity index (χ4v) is 1.86. The minimum atomic E-state index is -1.04. The zero-order chi connectivity index (χ0) is 13.4. The highest BCUT2D eigenvalue weighted by Crippen LogP contribution is 2.31. The fourth-order valence-electron chi connectivity index (χ4n) is 1.86. The minimum absolute atomic E-state index is 0.266. The van der Waals surface area contributed by atoms with Gasteiger partial charge in [0.15, 0.2) is 6.23 Å². The average molecular weight is 254 g/mol. The van der Waals surface area contributed by atoms with E-state index in [-0.39, 0.29) is 12.2 Å². The number of aromatic nitrogens is 2.